The number of hydrogen-bond donors (Lipinski definition) is 3. The Balaban J connectivity index is 2.90. The Kier molecular flexibility index (Phi) is 1.97. The largest absolute Gasteiger partial charge is 0.526 e. The van der Waals surface area contributed by atoms with Crippen molar-refractivity contribution in [3.05, 3.63) is 17.9 Å². The molecular formula is C5H5BO5. The second-order valence-corrected chi connectivity index (χ2v) is 1.88. The van der Waals surface area contributed by atoms with Gasteiger partial charge >= 0.3 is 13.1 Å². The quantitative estimate of drug-likeness (QED) is 0.460. The van der Waals surface area contributed by atoms with Gasteiger partial charge in [-0.1, -0.05) is 0 Å². The molecule has 0 bridgehead atoms. The fourth-order valence-electron chi connectivity index (χ4n) is 0.607. The lowest BCUT2D eigenvalue weighted by Gasteiger charge is -1.89. The molecule has 0 unspecified atom stereocenters. The Morgan fingerprint density at radius 2 is 2.09 bits per heavy atom. The molecule has 58 valence electrons. The van der Waals surface area contributed by atoms with Gasteiger partial charge in [0.05, 0.1) is 0 Å². The smallest absolute Gasteiger partial charge is 0.475 e. The maximum atomic E-state index is 10.2. The molecule has 3 N–H and O–H groups in total. The summed E-state index contributed by atoms with van der Waals surface area (Å²) in [6, 6.07) is 2.34. The van der Waals surface area contributed by atoms with E-state index in [0.29, 0.717) is 0 Å². The highest BCUT2D eigenvalue weighted by atomic mass is 16.4. The van der Waals surface area contributed by atoms with Crippen molar-refractivity contribution in [2.75, 3.05) is 0 Å². The fourth-order valence-corrected chi connectivity index (χ4v) is 0.607. The first-order valence-electron chi connectivity index (χ1n) is 2.80. The second kappa shape index (κ2) is 2.77. The lowest BCUT2D eigenvalue weighted by Crippen LogP contribution is -2.28. The minimum absolute atomic E-state index is 0.178. The van der Waals surface area contributed by atoms with Crippen molar-refractivity contribution in [1.82, 2.24) is 0 Å². The minimum Gasteiger partial charge on any atom is -0.475 e. The average Bonchev–Trinajstić information content (AvgIpc) is 2.33. The Morgan fingerprint density at radius 3 is 2.36 bits per heavy atom. The molecule has 1 rings (SSSR count). The van der Waals surface area contributed by atoms with Crippen LogP contribution in [0.3, 0.4) is 0 Å². The average molecular weight is 156 g/mol. The molecule has 1 aromatic rings. The lowest BCUT2D eigenvalue weighted by atomic mass is 9.88. The van der Waals surface area contributed by atoms with Crippen LogP contribution in [0.5, 0.6) is 0 Å². The van der Waals surface area contributed by atoms with Crippen LogP contribution in [0.15, 0.2) is 16.5 Å². The third kappa shape index (κ3) is 1.60. The predicted molar refractivity (Wildman–Crippen MR) is 35.5 cm³/mol. The molecule has 0 spiro atoms. The van der Waals surface area contributed by atoms with Crippen LogP contribution >= 0.6 is 0 Å². The molecular weight excluding hydrogens is 151 g/mol. The van der Waals surface area contributed by atoms with Gasteiger partial charge in [-0.2, -0.15) is 0 Å². The van der Waals surface area contributed by atoms with E-state index >= 15 is 0 Å². The van der Waals surface area contributed by atoms with Crippen molar-refractivity contribution in [3.63, 3.8) is 0 Å². The fraction of sp³-hybridized carbons (Fsp3) is 0. The van der Waals surface area contributed by atoms with Crippen molar-refractivity contribution in [1.29, 1.82) is 0 Å². The van der Waals surface area contributed by atoms with Crippen molar-refractivity contribution >= 4 is 18.7 Å². The van der Waals surface area contributed by atoms with Gasteiger partial charge in [-0.05, 0) is 12.1 Å². The Hall–Kier alpha value is -1.27. The summed E-state index contributed by atoms with van der Waals surface area (Å²) in [7, 11) is -1.76. The van der Waals surface area contributed by atoms with Crippen LogP contribution in [0.1, 0.15) is 10.6 Å². The van der Waals surface area contributed by atoms with E-state index in [-0.39, 0.29) is 11.4 Å². The van der Waals surface area contributed by atoms with Gasteiger partial charge in [0.1, 0.15) is 5.66 Å². The zero-order valence-corrected chi connectivity index (χ0v) is 5.39. The lowest BCUT2D eigenvalue weighted by molar-refractivity contribution is 0.0664. The summed E-state index contributed by atoms with van der Waals surface area (Å²) in [5, 5.41) is 25.3. The Labute approximate surface area is 62.0 Å². The summed E-state index contributed by atoms with van der Waals surface area (Å²) < 4.78 is 4.51. The standard InChI is InChI=1S/C5H5BO5/c7-5(8)3-1-2-4(11-3)6(9)10/h1-2,9-10H,(H,7,8). The van der Waals surface area contributed by atoms with Crippen molar-refractivity contribution < 1.29 is 24.4 Å². The zero-order chi connectivity index (χ0) is 8.43. The minimum atomic E-state index is -1.76. The van der Waals surface area contributed by atoms with Crippen molar-refractivity contribution in [2.24, 2.45) is 0 Å². The maximum absolute atomic E-state index is 10.2. The van der Waals surface area contributed by atoms with E-state index in [0.717, 1.165) is 6.07 Å². The van der Waals surface area contributed by atoms with E-state index in [1.54, 1.807) is 0 Å². The third-order valence-corrected chi connectivity index (χ3v) is 1.09. The first kappa shape index (κ1) is 7.84. The molecule has 0 saturated carbocycles. The van der Waals surface area contributed by atoms with Crippen LogP contribution in [-0.2, 0) is 0 Å². The summed E-state index contributed by atoms with van der Waals surface area (Å²) in [5.41, 5.74) is -0.178. The highest BCUT2D eigenvalue weighted by molar-refractivity contribution is 6.57. The van der Waals surface area contributed by atoms with Gasteiger partial charge in [0, 0.05) is 0 Å². The molecule has 0 amide bonds. The molecule has 0 aliphatic heterocycles. The van der Waals surface area contributed by atoms with Gasteiger partial charge < -0.3 is 19.6 Å². The molecule has 0 aromatic carbocycles. The molecule has 0 saturated heterocycles. The topological polar surface area (TPSA) is 90.9 Å². The number of aromatic carboxylic acids is 1. The van der Waals surface area contributed by atoms with E-state index in [9.17, 15) is 4.79 Å². The van der Waals surface area contributed by atoms with Crippen LogP contribution in [0.4, 0.5) is 0 Å². The van der Waals surface area contributed by atoms with Crippen LogP contribution in [0.2, 0.25) is 0 Å². The summed E-state index contributed by atoms with van der Waals surface area (Å²) in [6.07, 6.45) is 0. The third-order valence-electron chi connectivity index (χ3n) is 1.09. The second-order valence-electron chi connectivity index (χ2n) is 1.88. The molecule has 5 nitrogen and oxygen atoms in total. The van der Waals surface area contributed by atoms with Gasteiger partial charge in [-0.25, -0.2) is 4.79 Å². The molecule has 1 aromatic heterocycles. The molecule has 11 heavy (non-hydrogen) atoms. The Morgan fingerprint density at radius 1 is 1.45 bits per heavy atom. The van der Waals surface area contributed by atoms with Crippen LogP contribution < -0.4 is 5.66 Å². The van der Waals surface area contributed by atoms with E-state index < -0.39 is 13.1 Å². The van der Waals surface area contributed by atoms with Gasteiger partial charge in [-0.15, -0.1) is 0 Å². The van der Waals surface area contributed by atoms with E-state index in [1.807, 2.05) is 0 Å². The number of rotatable bonds is 2. The maximum Gasteiger partial charge on any atom is 0.526 e. The van der Waals surface area contributed by atoms with Gasteiger partial charge in [0.2, 0.25) is 5.76 Å². The predicted octanol–water partition coefficient (Wildman–Crippen LogP) is -1.34. The summed E-state index contributed by atoms with van der Waals surface area (Å²) in [6.45, 7) is 0. The van der Waals surface area contributed by atoms with Crippen LogP contribution in [-0.4, -0.2) is 28.2 Å². The number of carboxylic acids is 1. The molecule has 6 heteroatoms. The molecule has 0 radical (unpaired) electrons. The van der Waals surface area contributed by atoms with Crippen LogP contribution in [0, 0.1) is 0 Å². The number of carboxylic acid groups (broad SMARTS) is 1. The molecule has 0 aliphatic rings. The van der Waals surface area contributed by atoms with Crippen LogP contribution in [0.25, 0.3) is 0 Å². The van der Waals surface area contributed by atoms with Gasteiger partial charge in [-0.3, -0.25) is 0 Å². The Bertz CT molecular complexity index is 266. The van der Waals surface area contributed by atoms with Crippen molar-refractivity contribution in [3.8, 4) is 0 Å². The highest BCUT2D eigenvalue weighted by Gasteiger charge is 2.18. The SMILES string of the molecule is O=C(O)c1ccc(B(O)O)o1. The highest BCUT2D eigenvalue weighted by Crippen LogP contribution is 1.97. The van der Waals surface area contributed by atoms with Crippen molar-refractivity contribution in [2.45, 2.75) is 0 Å². The van der Waals surface area contributed by atoms with E-state index in [1.165, 1.54) is 6.07 Å². The molecule has 1 heterocycles. The first-order valence-corrected chi connectivity index (χ1v) is 2.80. The molecule has 0 fully saturated rings. The number of carbonyl (C=O) groups is 1. The van der Waals surface area contributed by atoms with Gasteiger partial charge in [0.25, 0.3) is 0 Å². The summed E-state index contributed by atoms with van der Waals surface area (Å²) in [5.74, 6) is -1.55. The van der Waals surface area contributed by atoms with E-state index in [2.05, 4.69) is 4.42 Å². The molecule has 0 aliphatic carbocycles. The summed E-state index contributed by atoms with van der Waals surface area (Å²) in [4.78, 5) is 10.2. The summed E-state index contributed by atoms with van der Waals surface area (Å²) >= 11 is 0. The monoisotopic (exact) mass is 156 g/mol. The number of furan rings is 1. The first-order chi connectivity index (χ1) is 5.11. The van der Waals surface area contributed by atoms with E-state index in [4.69, 9.17) is 15.2 Å². The number of hydrogen-bond acceptors (Lipinski definition) is 4. The van der Waals surface area contributed by atoms with Gasteiger partial charge in [0.15, 0.2) is 0 Å². The molecule has 0 atom stereocenters. The normalized spacial score (nSPS) is 9.64. The zero-order valence-electron chi connectivity index (χ0n) is 5.39.